The van der Waals surface area contributed by atoms with Crippen LogP contribution in [0, 0.1) is 6.92 Å². The van der Waals surface area contributed by atoms with Gasteiger partial charge in [-0.25, -0.2) is 4.98 Å². The summed E-state index contributed by atoms with van der Waals surface area (Å²) < 4.78 is 7.58. The predicted molar refractivity (Wildman–Crippen MR) is 85.0 cm³/mol. The number of furan rings is 1. The van der Waals surface area contributed by atoms with Gasteiger partial charge in [-0.1, -0.05) is 0 Å². The molecule has 0 bridgehead atoms. The van der Waals surface area contributed by atoms with Crippen LogP contribution < -0.4 is 0 Å². The lowest BCUT2D eigenvalue weighted by atomic mass is 10.2. The normalized spacial score (nSPS) is 18.0. The number of carbonyl (C=O) groups excluding carboxylic acids is 1. The summed E-state index contributed by atoms with van der Waals surface area (Å²) >= 11 is 0. The lowest BCUT2D eigenvalue weighted by Gasteiger charge is -2.23. The second kappa shape index (κ2) is 5.53. The molecule has 3 aromatic rings. The summed E-state index contributed by atoms with van der Waals surface area (Å²) in [6.45, 7) is 3.40. The zero-order chi connectivity index (χ0) is 15.8. The first-order valence-electron chi connectivity index (χ1n) is 7.86. The Labute approximate surface area is 133 Å². The van der Waals surface area contributed by atoms with Gasteiger partial charge >= 0.3 is 0 Å². The lowest BCUT2D eigenvalue weighted by molar-refractivity contribution is 0.0691. The Morgan fingerprint density at radius 2 is 2.35 bits per heavy atom. The maximum Gasteiger partial charge on any atom is 0.289 e. The SMILES string of the molecule is Cc1ccc2oc(C(=O)N3CCCC3Cn3cccn3)cc2n1. The van der Waals surface area contributed by atoms with Crippen LogP contribution in [0.4, 0.5) is 0 Å². The first kappa shape index (κ1) is 14.0. The van der Waals surface area contributed by atoms with E-state index in [0.717, 1.165) is 37.1 Å². The van der Waals surface area contributed by atoms with Gasteiger partial charge in [0.15, 0.2) is 11.3 Å². The molecule has 0 radical (unpaired) electrons. The van der Waals surface area contributed by atoms with Gasteiger partial charge < -0.3 is 9.32 Å². The summed E-state index contributed by atoms with van der Waals surface area (Å²) in [4.78, 5) is 19.1. The van der Waals surface area contributed by atoms with E-state index in [0.29, 0.717) is 11.3 Å². The first-order valence-corrected chi connectivity index (χ1v) is 7.86. The molecule has 1 atom stereocenters. The van der Waals surface area contributed by atoms with Gasteiger partial charge in [0.2, 0.25) is 0 Å². The van der Waals surface area contributed by atoms with Gasteiger partial charge in [-0.3, -0.25) is 9.48 Å². The molecule has 1 unspecified atom stereocenters. The fourth-order valence-corrected chi connectivity index (χ4v) is 3.19. The lowest BCUT2D eigenvalue weighted by Crippen LogP contribution is -2.38. The Morgan fingerprint density at radius 3 is 3.17 bits per heavy atom. The van der Waals surface area contributed by atoms with Crippen LogP contribution in [0.1, 0.15) is 29.1 Å². The highest BCUT2D eigenvalue weighted by atomic mass is 16.3. The van der Waals surface area contributed by atoms with E-state index in [4.69, 9.17) is 4.42 Å². The molecule has 6 nitrogen and oxygen atoms in total. The van der Waals surface area contributed by atoms with Crippen LogP contribution in [0.5, 0.6) is 0 Å². The summed E-state index contributed by atoms with van der Waals surface area (Å²) in [6, 6.07) is 7.55. The van der Waals surface area contributed by atoms with Gasteiger partial charge in [0.1, 0.15) is 5.52 Å². The summed E-state index contributed by atoms with van der Waals surface area (Å²) in [5, 5.41) is 4.24. The second-order valence-corrected chi connectivity index (χ2v) is 5.97. The molecule has 3 aromatic heterocycles. The summed E-state index contributed by atoms with van der Waals surface area (Å²) in [7, 11) is 0. The van der Waals surface area contributed by atoms with E-state index < -0.39 is 0 Å². The van der Waals surface area contributed by atoms with Gasteiger partial charge in [0.05, 0.1) is 12.6 Å². The van der Waals surface area contributed by atoms with Crippen LogP contribution in [0.3, 0.4) is 0 Å². The van der Waals surface area contributed by atoms with Crippen molar-refractivity contribution in [3.63, 3.8) is 0 Å². The van der Waals surface area contributed by atoms with Crippen LogP contribution in [0.25, 0.3) is 11.1 Å². The van der Waals surface area contributed by atoms with Crippen molar-refractivity contribution >= 4 is 17.0 Å². The number of amides is 1. The highest BCUT2D eigenvalue weighted by Crippen LogP contribution is 2.24. The van der Waals surface area contributed by atoms with E-state index in [9.17, 15) is 4.79 Å². The molecule has 0 N–H and O–H groups in total. The molecule has 0 aliphatic carbocycles. The van der Waals surface area contributed by atoms with E-state index in [1.807, 2.05) is 40.9 Å². The van der Waals surface area contributed by atoms with Crippen molar-refractivity contribution < 1.29 is 9.21 Å². The van der Waals surface area contributed by atoms with Crippen molar-refractivity contribution in [1.29, 1.82) is 0 Å². The number of nitrogens with zero attached hydrogens (tertiary/aromatic N) is 4. The first-order chi connectivity index (χ1) is 11.2. The third kappa shape index (κ3) is 2.60. The highest BCUT2D eigenvalue weighted by Gasteiger charge is 2.31. The highest BCUT2D eigenvalue weighted by molar-refractivity contribution is 5.95. The number of hydrogen-bond donors (Lipinski definition) is 0. The van der Waals surface area contributed by atoms with Crippen molar-refractivity contribution in [2.45, 2.75) is 32.4 Å². The third-order valence-electron chi connectivity index (χ3n) is 4.32. The van der Waals surface area contributed by atoms with Gasteiger partial charge in [-0.05, 0) is 38.0 Å². The van der Waals surface area contributed by atoms with E-state index in [1.165, 1.54) is 0 Å². The number of aromatic nitrogens is 3. The predicted octanol–water partition coefficient (Wildman–Crippen LogP) is 2.64. The van der Waals surface area contributed by atoms with Crippen molar-refractivity contribution in [2.24, 2.45) is 0 Å². The fraction of sp³-hybridized carbons (Fsp3) is 0.353. The molecule has 0 saturated carbocycles. The van der Waals surface area contributed by atoms with E-state index in [-0.39, 0.29) is 11.9 Å². The van der Waals surface area contributed by atoms with Gasteiger partial charge in [0, 0.05) is 30.7 Å². The maximum atomic E-state index is 12.8. The minimum Gasteiger partial charge on any atom is -0.449 e. The van der Waals surface area contributed by atoms with Crippen molar-refractivity contribution in [3.05, 3.63) is 48.1 Å². The Bertz CT molecular complexity index is 838. The number of aryl methyl sites for hydroxylation is 1. The summed E-state index contributed by atoms with van der Waals surface area (Å²) in [5.74, 6) is 0.306. The molecule has 1 fully saturated rings. The van der Waals surface area contributed by atoms with Gasteiger partial charge in [0.25, 0.3) is 5.91 Å². The number of carbonyl (C=O) groups is 1. The zero-order valence-corrected chi connectivity index (χ0v) is 13.0. The molecular formula is C17H18N4O2. The third-order valence-corrected chi connectivity index (χ3v) is 4.32. The Balaban J connectivity index is 1.58. The van der Waals surface area contributed by atoms with E-state index in [2.05, 4.69) is 10.1 Å². The molecule has 1 saturated heterocycles. The Kier molecular flexibility index (Phi) is 3.37. The quantitative estimate of drug-likeness (QED) is 0.746. The van der Waals surface area contributed by atoms with Crippen LogP contribution in [-0.2, 0) is 6.54 Å². The van der Waals surface area contributed by atoms with Crippen LogP contribution in [-0.4, -0.2) is 38.2 Å². The average molecular weight is 310 g/mol. The standard InChI is InChI=1S/C17H18N4O2/c1-12-5-6-15-14(19-12)10-16(23-15)17(22)21-9-2-4-13(21)11-20-8-3-7-18-20/h3,5-8,10,13H,2,4,9,11H2,1H3. The number of fused-ring (bicyclic) bond motifs is 1. The molecule has 4 heterocycles. The van der Waals surface area contributed by atoms with Crippen molar-refractivity contribution in [2.75, 3.05) is 6.54 Å². The smallest absolute Gasteiger partial charge is 0.289 e. The number of pyridine rings is 1. The van der Waals surface area contributed by atoms with Crippen LogP contribution >= 0.6 is 0 Å². The average Bonchev–Trinajstić information content (AvgIpc) is 3.26. The minimum absolute atomic E-state index is 0.0599. The zero-order valence-electron chi connectivity index (χ0n) is 13.0. The number of likely N-dealkylation sites (tertiary alicyclic amines) is 1. The Morgan fingerprint density at radius 1 is 1.43 bits per heavy atom. The molecule has 1 amide bonds. The molecule has 0 aromatic carbocycles. The molecular weight excluding hydrogens is 292 g/mol. The van der Waals surface area contributed by atoms with Crippen molar-refractivity contribution in [1.82, 2.24) is 19.7 Å². The second-order valence-electron chi connectivity index (χ2n) is 5.97. The molecule has 118 valence electrons. The van der Waals surface area contributed by atoms with Crippen LogP contribution in [0.15, 0.2) is 41.1 Å². The summed E-state index contributed by atoms with van der Waals surface area (Å²) in [6.07, 6.45) is 5.68. The number of hydrogen-bond acceptors (Lipinski definition) is 4. The Hall–Kier alpha value is -2.63. The monoisotopic (exact) mass is 310 g/mol. The largest absolute Gasteiger partial charge is 0.449 e. The molecule has 0 spiro atoms. The molecule has 1 aliphatic heterocycles. The maximum absolute atomic E-state index is 12.8. The molecule has 6 heteroatoms. The van der Waals surface area contributed by atoms with E-state index in [1.54, 1.807) is 12.3 Å². The van der Waals surface area contributed by atoms with Gasteiger partial charge in [-0.2, -0.15) is 5.10 Å². The molecule has 1 aliphatic rings. The van der Waals surface area contributed by atoms with Crippen LogP contribution in [0.2, 0.25) is 0 Å². The number of rotatable bonds is 3. The van der Waals surface area contributed by atoms with Gasteiger partial charge in [-0.15, -0.1) is 0 Å². The fourth-order valence-electron chi connectivity index (χ4n) is 3.19. The molecule has 23 heavy (non-hydrogen) atoms. The minimum atomic E-state index is -0.0599. The molecule has 4 rings (SSSR count). The van der Waals surface area contributed by atoms with E-state index >= 15 is 0 Å². The summed E-state index contributed by atoms with van der Waals surface area (Å²) in [5.41, 5.74) is 2.30. The topological polar surface area (TPSA) is 64.2 Å². The van der Waals surface area contributed by atoms with Crippen molar-refractivity contribution in [3.8, 4) is 0 Å².